The van der Waals surface area contributed by atoms with Crippen LogP contribution >= 0.6 is 0 Å². The predicted molar refractivity (Wildman–Crippen MR) is 140 cm³/mol. The van der Waals surface area contributed by atoms with Gasteiger partial charge in [-0.2, -0.15) is 0 Å². The van der Waals surface area contributed by atoms with E-state index in [2.05, 4.69) is 10.6 Å². The van der Waals surface area contributed by atoms with Crippen molar-refractivity contribution in [2.24, 2.45) is 17.6 Å². The highest BCUT2D eigenvalue weighted by atomic mass is 16.4. The number of rotatable bonds is 12. The summed E-state index contributed by atoms with van der Waals surface area (Å²) < 4.78 is 0. The van der Waals surface area contributed by atoms with E-state index in [1.165, 1.54) is 11.8 Å². The smallest absolute Gasteiger partial charge is 0.328 e. The zero-order valence-electron chi connectivity index (χ0n) is 23.2. The lowest BCUT2D eigenvalue weighted by Gasteiger charge is -2.33. The molecule has 0 aromatic heterocycles. The minimum atomic E-state index is -1.52. The first kappa shape index (κ1) is 31.5. The molecule has 0 spiro atoms. The van der Waals surface area contributed by atoms with Crippen LogP contribution in [0.2, 0.25) is 0 Å². The Hall–Kier alpha value is -2.73. The Morgan fingerprint density at radius 1 is 0.947 bits per heavy atom. The van der Waals surface area contributed by atoms with Crippen LogP contribution in [0.3, 0.4) is 0 Å². The van der Waals surface area contributed by atoms with E-state index in [1.54, 1.807) is 4.90 Å². The normalized spacial score (nSPS) is 23.5. The first-order chi connectivity index (χ1) is 17.8. The second-order valence-corrected chi connectivity index (χ2v) is 11.0. The van der Waals surface area contributed by atoms with Gasteiger partial charge in [0.25, 0.3) is 0 Å². The number of nitrogens with zero attached hydrogens (tertiary/aromatic N) is 2. The number of hydrogen-bond acceptors (Lipinski definition) is 7. The summed E-state index contributed by atoms with van der Waals surface area (Å²) in [7, 11) is 0. The molecule has 0 aromatic rings. The van der Waals surface area contributed by atoms with Crippen molar-refractivity contribution in [1.29, 1.82) is 0 Å². The van der Waals surface area contributed by atoms with E-state index in [1.807, 2.05) is 27.7 Å². The van der Waals surface area contributed by atoms with E-state index < -0.39 is 54.1 Å². The molecule has 0 saturated carbocycles. The van der Waals surface area contributed by atoms with E-state index in [0.29, 0.717) is 38.8 Å². The predicted octanol–water partition coefficient (Wildman–Crippen LogP) is -0.177. The summed E-state index contributed by atoms with van der Waals surface area (Å²) in [5.41, 5.74) is 6.17. The number of carboxylic acid groups (broad SMARTS) is 1. The molecule has 12 nitrogen and oxygen atoms in total. The molecule has 7 atom stereocenters. The number of amides is 4. The maximum atomic E-state index is 13.6. The van der Waals surface area contributed by atoms with Crippen LogP contribution in [0.1, 0.15) is 73.1 Å². The van der Waals surface area contributed by atoms with Gasteiger partial charge in [0.05, 0.1) is 12.1 Å². The number of aliphatic hydroxyl groups is 1. The van der Waals surface area contributed by atoms with Crippen LogP contribution in [0.25, 0.3) is 0 Å². The molecule has 0 bridgehead atoms. The van der Waals surface area contributed by atoms with Gasteiger partial charge < -0.3 is 36.4 Å². The molecule has 0 aromatic carbocycles. The fourth-order valence-electron chi connectivity index (χ4n) is 5.08. The zero-order chi connectivity index (χ0) is 28.7. The van der Waals surface area contributed by atoms with Gasteiger partial charge in [-0.15, -0.1) is 0 Å². The number of nitrogens with two attached hydrogens (primary N) is 1. The van der Waals surface area contributed by atoms with Crippen molar-refractivity contribution in [2.45, 2.75) is 109 Å². The standard InChI is InChI=1S/C26H45N5O7/c1-6-15(4)20(27)25(36)31-12-8-10-19(31)24(35)30-11-7-9-18(30)23(34)28-17(13-14(2)3)22(33)29-21(16(5)32)26(37)38/h14-21,32H,6-13,27H2,1-5H3,(H,28,34)(H,29,33)(H,37,38)/t15-,16+,17-,18-,19-,20-,21-/m0/s1. The monoisotopic (exact) mass is 539 g/mol. The number of carbonyl (C=O) groups is 5. The van der Waals surface area contributed by atoms with Crippen molar-refractivity contribution in [2.75, 3.05) is 13.1 Å². The molecular weight excluding hydrogens is 494 g/mol. The Bertz CT molecular complexity index is 880. The molecule has 38 heavy (non-hydrogen) atoms. The number of aliphatic hydroxyl groups excluding tert-OH is 1. The lowest BCUT2D eigenvalue weighted by atomic mass is 9.98. The first-order valence-electron chi connectivity index (χ1n) is 13.7. The van der Waals surface area contributed by atoms with Gasteiger partial charge in [0.2, 0.25) is 23.6 Å². The average molecular weight is 540 g/mol. The molecule has 2 aliphatic rings. The lowest BCUT2D eigenvalue weighted by molar-refractivity contribution is -0.148. The van der Waals surface area contributed by atoms with Crippen molar-refractivity contribution in [1.82, 2.24) is 20.4 Å². The van der Waals surface area contributed by atoms with Gasteiger partial charge in [-0.3, -0.25) is 19.2 Å². The molecule has 2 saturated heterocycles. The molecular formula is C26H45N5O7. The highest BCUT2D eigenvalue weighted by molar-refractivity contribution is 5.96. The van der Waals surface area contributed by atoms with Crippen molar-refractivity contribution in [3.8, 4) is 0 Å². The third kappa shape index (κ3) is 7.66. The summed E-state index contributed by atoms with van der Waals surface area (Å²) in [5.74, 6) is -3.20. The molecule has 2 fully saturated rings. The van der Waals surface area contributed by atoms with Crippen LogP contribution in [0, 0.1) is 11.8 Å². The molecule has 0 radical (unpaired) electrons. The maximum Gasteiger partial charge on any atom is 0.328 e. The van der Waals surface area contributed by atoms with Crippen LogP contribution in [0.15, 0.2) is 0 Å². The molecule has 2 aliphatic heterocycles. The number of carbonyl (C=O) groups excluding carboxylic acids is 4. The Balaban J connectivity index is 2.15. The van der Waals surface area contributed by atoms with Gasteiger partial charge >= 0.3 is 5.97 Å². The number of aliphatic carboxylic acids is 1. The molecule has 2 rings (SSSR count). The fraction of sp³-hybridized carbons (Fsp3) is 0.808. The molecule has 0 aliphatic carbocycles. The lowest BCUT2D eigenvalue weighted by Crippen LogP contribution is -2.59. The van der Waals surface area contributed by atoms with E-state index >= 15 is 0 Å². The van der Waals surface area contributed by atoms with Gasteiger partial charge in [0.15, 0.2) is 6.04 Å². The first-order valence-corrected chi connectivity index (χ1v) is 13.7. The Morgan fingerprint density at radius 2 is 1.53 bits per heavy atom. The van der Waals surface area contributed by atoms with Gasteiger partial charge in [-0.25, -0.2) is 4.79 Å². The highest BCUT2D eigenvalue weighted by Crippen LogP contribution is 2.26. The SMILES string of the molecule is CC[C@H](C)[C@H](N)C(=O)N1CCC[C@H]1C(=O)N1CCC[C@H]1C(=O)N[C@@H](CC(C)C)C(=O)N[C@H](C(=O)O)[C@@H](C)O. The van der Waals surface area contributed by atoms with Crippen LogP contribution in [0.4, 0.5) is 0 Å². The van der Waals surface area contributed by atoms with Crippen LogP contribution in [0.5, 0.6) is 0 Å². The van der Waals surface area contributed by atoms with E-state index in [4.69, 9.17) is 5.73 Å². The second-order valence-electron chi connectivity index (χ2n) is 11.0. The van der Waals surface area contributed by atoms with E-state index in [9.17, 15) is 34.2 Å². The summed E-state index contributed by atoms with van der Waals surface area (Å²) in [6.07, 6.45) is 1.82. The Morgan fingerprint density at radius 3 is 2.05 bits per heavy atom. The number of likely N-dealkylation sites (tertiary alicyclic amines) is 2. The van der Waals surface area contributed by atoms with E-state index in [-0.39, 0.29) is 30.1 Å². The number of hydrogen-bond donors (Lipinski definition) is 5. The summed E-state index contributed by atoms with van der Waals surface area (Å²) in [6.45, 7) is 9.63. The third-order valence-corrected chi connectivity index (χ3v) is 7.59. The summed E-state index contributed by atoms with van der Waals surface area (Å²) >= 11 is 0. The van der Waals surface area contributed by atoms with Gasteiger partial charge in [0.1, 0.15) is 18.1 Å². The summed E-state index contributed by atoms with van der Waals surface area (Å²) in [4.78, 5) is 67.3. The minimum absolute atomic E-state index is 0.00466. The largest absolute Gasteiger partial charge is 0.480 e. The van der Waals surface area contributed by atoms with Crippen molar-refractivity contribution < 1.29 is 34.2 Å². The average Bonchev–Trinajstić information content (AvgIpc) is 3.54. The topological polar surface area (TPSA) is 182 Å². The molecule has 2 heterocycles. The van der Waals surface area contributed by atoms with Gasteiger partial charge in [-0.1, -0.05) is 34.1 Å². The van der Waals surface area contributed by atoms with Crippen molar-refractivity contribution >= 4 is 29.6 Å². The van der Waals surface area contributed by atoms with Gasteiger partial charge in [-0.05, 0) is 50.9 Å². The van der Waals surface area contributed by atoms with Crippen molar-refractivity contribution in [3.63, 3.8) is 0 Å². The summed E-state index contributed by atoms with van der Waals surface area (Å²) in [5, 5.41) is 24.0. The number of nitrogens with one attached hydrogen (secondary N) is 2. The number of carboxylic acids is 1. The Labute approximate surface area is 224 Å². The van der Waals surface area contributed by atoms with Gasteiger partial charge in [0, 0.05) is 13.1 Å². The minimum Gasteiger partial charge on any atom is -0.480 e. The third-order valence-electron chi connectivity index (χ3n) is 7.59. The van der Waals surface area contributed by atoms with E-state index in [0.717, 1.165) is 6.42 Å². The molecule has 0 unspecified atom stereocenters. The van der Waals surface area contributed by atoms with Crippen molar-refractivity contribution in [3.05, 3.63) is 0 Å². The second kappa shape index (κ2) is 13.9. The zero-order valence-corrected chi connectivity index (χ0v) is 23.2. The quantitative estimate of drug-likeness (QED) is 0.226. The molecule has 4 amide bonds. The molecule has 12 heteroatoms. The fourth-order valence-corrected chi connectivity index (χ4v) is 5.08. The van der Waals surface area contributed by atoms with Crippen LogP contribution in [-0.4, -0.2) is 99.0 Å². The van der Waals surface area contributed by atoms with Crippen LogP contribution in [-0.2, 0) is 24.0 Å². The maximum absolute atomic E-state index is 13.6. The highest BCUT2D eigenvalue weighted by Gasteiger charge is 2.44. The summed E-state index contributed by atoms with van der Waals surface area (Å²) in [6, 6.07) is -4.75. The molecule has 216 valence electrons. The molecule has 6 N–H and O–H groups in total. The van der Waals surface area contributed by atoms with Crippen LogP contribution < -0.4 is 16.4 Å². The Kier molecular flexibility index (Phi) is 11.5.